The van der Waals surface area contributed by atoms with Gasteiger partial charge in [-0.15, -0.1) is 11.8 Å². The van der Waals surface area contributed by atoms with Crippen LogP contribution in [0.2, 0.25) is 0 Å². The molecular weight excluding hydrogens is 312 g/mol. The largest absolute Gasteiger partial charge is 0.323 e. The minimum atomic E-state index is -0.0737. The van der Waals surface area contributed by atoms with Crippen molar-refractivity contribution in [3.05, 3.63) is 69.8 Å². The van der Waals surface area contributed by atoms with Crippen LogP contribution in [0.1, 0.15) is 45.3 Å². The average Bonchev–Trinajstić information content (AvgIpc) is 3.03. The van der Waals surface area contributed by atoms with Crippen LogP contribution in [0.5, 0.6) is 0 Å². The fourth-order valence-electron chi connectivity index (χ4n) is 3.55. The minimum Gasteiger partial charge on any atom is -0.323 e. The van der Waals surface area contributed by atoms with Gasteiger partial charge in [0.25, 0.3) is 0 Å². The SMILES string of the molecule is Cc1cc(C)cc(C(C2=NCCS2)C(N)c2cccc(C)c2C)c1. The summed E-state index contributed by atoms with van der Waals surface area (Å²) in [7, 11) is 0. The van der Waals surface area contributed by atoms with Crippen LogP contribution in [0.4, 0.5) is 0 Å². The zero-order valence-electron chi connectivity index (χ0n) is 15.0. The van der Waals surface area contributed by atoms with Gasteiger partial charge >= 0.3 is 0 Å². The Morgan fingerprint density at radius 2 is 1.75 bits per heavy atom. The molecule has 0 aromatic heterocycles. The Hall–Kier alpha value is -1.58. The second-order valence-corrected chi connectivity index (χ2v) is 7.90. The molecule has 2 nitrogen and oxygen atoms in total. The second kappa shape index (κ2) is 7.12. The predicted molar refractivity (Wildman–Crippen MR) is 106 cm³/mol. The molecule has 0 aliphatic carbocycles. The van der Waals surface area contributed by atoms with Crippen LogP contribution in [0.15, 0.2) is 41.4 Å². The Bertz CT molecular complexity index is 759. The number of aryl methyl sites for hydroxylation is 3. The summed E-state index contributed by atoms with van der Waals surface area (Å²) < 4.78 is 0. The first-order valence-electron chi connectivity index (χ1n) is 8.54. The van der Waals surface area contributed by atoms with Crippen LogP contribution in [-0.4, -0.2) is 17.3 Å². The van der Waals surface area contributed by atoms with E-state index < -0.39 is 0 Å². The highest BCUT2D eigenvalue weighted by Gasteiger charge is 2.30. The third kappa shape index (κ3) is 3.42. The molecule has 3 rings (SSSR count). The maximum Gasteiger partial charge on any atom is 0.0771 e. The summed E-state index contributed by atoms with van der Waals surface area (Å²) in [5, 5.41) is 1.19. The van der Waals surface area contributed by atoms with E-state index in [-0.39, 0.29) is 12.0 Å². The first-order chi connectivity index (χ1) is 11.5. The molecule has 0 radical (unpaired) electrons. The van der Waals surface area contributed by atoms with E-state index >= 15 is 0 Å². The van der Waals surface area contributed by atoms with Crippen molar-refractivity contribution in [2.24, 2.45) is 10.7 Å². The quantitative estimate of drug-likeness (QED) is 0.865. The van der Waals surface area contributed by atoms with Crippen LogP contribution in [-0.2, 0) is 0 Å². The van der Waals surface area contributed by atoms with E-state index in [1.807, 2.05) is 11.8 Å². The monoisotopic (exact) mass is 338 g/mol. The summed E-state index contributed by atoms with van der Waals surface area (Å²) in [6, 6.07) is 13.1. The van der Waals surface area contributed by atoms with E-state index in [4.69, 9.17) is 10.7 Å². The predicted octanol–water partition coefficient (Wildman–Crippen LogP) is 4.85. The normalized spacial score (nSPS) is 16.8. The summed E-state index contributed by atoms with van der Waals surface area (Å²) in [5.74, 6) is 1.20. The zero-order valence-corrected chi connectivity index (χ0v) is 15.8. The molecule has 2 N–H and O–H groups in total. The number of aliphatic imine (C=N–C) groups is 1. The van der Waals surface area contributed by atoms with Crippen LogP contribution < -0.4 is 5.73 Å². The van der Waals surface area contributed by atoms with Gasteiger partial charge in [0.05, 0.1) is 11.0 Å². The molecule has 3 heteroatoms. The van der Waals surface area contributed by atoms with E-state index in [1.54, 1.807) is 0 Å². The van der Waals surface area contributed by atoms with Gasteiger partial charge in [0.2, 0.25) is 0 Å². The first-order valence-corrected chi connectivity index (χ1v) is 9.53. The highest BCUT2D eigenvalue weighted by molar-refractivity contribution is 8.14. The Balaban J connectivity index is 2.09. The topological polar surface area (TPSA) is 38.4 Å². The van der Waals surface area contributed by atoms with Gasteiger partial charge in [-0.3, -0.25) is 4.99 Å². The van der Waals surface area contributed by atoms with Gasteiger partial charge < -0.3 is 5.73 Å². The summed E-state index contributed by atoms with van der Waals surface area (Å²) in [4.78, 5) is 4.77. The van der Waals surface area contributed by atoms with E-state index in [9.17, 15) is 0 Å². The molecule has 1 aliphatic rings. The number of hydrogen-bond donors (Lipinski definition) is 1. The minimum absolute atomic E-state index is 0.0737. The summed E-state index contributed by atoms with van der Waals surface area (Å²) >= 11 is 1.86. The molecule has 0 spiro atoms. The number of hydrogen-bond acceptors (Lipinski definition) is 3. The molecular formula is C21H26N2S. The van der Waals surface area contributed by atoms with Crippen LogP contribution in [0.25, 0.3) is 0 Å². The lowest BCUT2D eigenvalue weighted by atomic mass is 9.84. The Morgan fingerprint density at radius 1 is 1.04 bits per heavy atom. The lowest BCUT2D eigenvalue weighted by molar-refractivity contribution is 0.672. The van der Waals surface area contributed by atoms with Crippen molar-refractivity contribution in [1.82, 2.24) is 0 Å². The van der Waals surface area contributed by atoms with Crippen LogP contribution >= 0.6 is 11.8 Å². The van der Waals surface area contributed by atoms with Gasteiger partial charge in [-0.1, -0.05) is 47.5 Å². The lowest BCUT2D eigenvalue weighted by Crippen LogP contribution is -2.26. The smallest absolute Gasteiger partial charge is 0.0771 e. The fourth-order valence-corrected chi connectivity index (χ4v) is 4.58. The van der Waals surface area contributed by atoms with Gasteiger partial charge in [-0.25, -0.2) is 0 Å². The molecule has 0 amide bonds. The Kier molecular flexibility index (Phi) is 5.12. The molecule has 24 heavy (non-hydrogen) atoms. The average molecular weight is 339 g/mol. The molecule has 0 saturated heterocycles. The van der Waals surface area contributed by atoms with E-state index in [1.165, 1.54) is 38.4 Å². The second-order valence-electron chi connectivity index (χ2n) is 6.78. The maximum atomic E-state index is 6.83. The molecule has 0 bridgehead atoms. The number of nitrogens with two attached hydrogens (primary N) is 1. The van der Waals surface area contributed by atoms with Crippen molar-refractivity contribution < 1.29 is 0 Å². The fraction of sp³-hybridized carbons (Fsp3) is 0.381. The zero-order chi connectivity index (χ0) is 17.3. The van der Waals surface area contributed by atoms with Crippen LogP contribution in [0.3, 0.4) is 0 Å². The molecule has 2 aromatic rings. The summed E-state index contributed by atoms with van der Waals surface area (Å²) in [5.41, 5.74) is 14.5. The van der Waals surface area contributed by atoms with Crippen LogP contribution in [0, 0.1) is 27.7 Å². The molecule has 0 saturated carbocycles. The standard InChI is InChI=1S/C21H26N2S/c1-13-10-14(2)12-17(11-13)19(21-23-8-9-24-21)20(22)18-7-5-6-15(3)16(18)4/h5-7,10-12,19-20H,8-9,22H2,1-4H3. The molecule has 1 heterocycles. The van der Waals surface area contributed by atoms with Crippen molar-refractivity contribution >= 4 is 16.8 Å². The molecule has 2 aromatic carbocycles. The molecule has 2 atom stereocenters. The van der Waals surface area contributed by atoms with Crippen molar-refractivity contribution in [1.29, 1.82) is 0 Å². The summed E-state index contributed by atoms with van der Waals surface area (Å²) in [6.07, 6.45) is 0. The molecule has 0 fully saturated rings. The van der Waals surface area contributed by atoms with E-state index in [0.29, 0.717) is 0 Å². The van der Waals surface area contributed by atoms with Gasteiger partial charge in [0.15, 0.2) is 0 Å². The molecule has 2 unspecified atom stereocenters. The van der Waals surface area contributed by atoms with E-state index in [0.717, 1.165) is 12.3 Å². The molecule has 1 aliphatic heterocycles. The van der Waals surface area contributed by atoms with Crippen molar-refractivity contribution in [2.75, 3.05) is 12.3 Å². The Morgan fingerprint density at radius 3 is 2.38 bits per heavy atom. The maximum absolute atomic E-state index is 6.83. The van der Waals surface area contributed by atoms with Crippen molar-refractivity contribution in [3.8, 4) is 0 Å². The number of benzene rings is 2. The number of nitrogens with zero attached hydrogens (tertiary/aromatic N) is 1. The van der Waals surface area contributed by atoms with Gasteiger partial charge in [0, 0.05) is 18.3 Å². The van der Waals surface area contributed by atoms with E-state index in [2.05, 4.69) is 64.1 Å². The highest BCUT2D eigenvalue weighted by atomic mass is 32.2. The lowest BCUT2D eigenvalue weighted by Gasteiger charge is -2.27. The van der Waals surface area contributed by atoms with Gasteiger partial charge in [-0.05, 0) is 49.9 Å². The number of rotatable bonds is 4. The van der Waals surface area contributed by atoms with Gasteiger partial charge in [0.1, 0.15) is 0 Å². The molecule has 126 valence electrons. The third-order valence-corrected chi connectivity index (χ3v) is 5.91. The highest BCUT2D eigenvalue weighted by Crippen LogP contribution is 2.38. The Labute approximate surface area is 149 Å². The third-order valence-electron chi connectivity index (χ3n) is 4.84. The van der Waals surface area contributed by atoms with Crippen molar-refractivity contribution in [3.63, 3.8) is 0 Å². The summed E-state index contributed by atoms with van der Waals surface area (Å²) in [6.45, 7) is 9.54. The number of thioether (sulfide) groups is 1. The first kappa shape index (κ1) is 17.2. The van der Waals surface area contributed by atoms with Gasteiger partial charge in [-0.2, -0.15) is 0 Å². The van der Waals surface area contributed by atoms with Crippen molar-refractivity contribution in [2.45, 2.75) is 39.7 Å².